The quantitative estimate of drug-likeness (QED) is 0.795. The number of hydrogen-bond donors (Lipinski definition) is 1. The predicted octanol–water partition coefficient (Wildman–Crippen LogP) is 2.80. The van der Waals surface area contributed by atoms with Crippen LogP contribution in [0.5, 0.6) is 0 Å². The molecule has 0 aromatic carbocycles. The molecule has 0 amide bonds. The van der Waals surface area contributed by atoms with Gasteiger partial charge in [-0.3, -0.25) is 4.90 Å². The van der Waals surface area contributed by atoms with E-state index in [-0.39, 0.29) is 5.60 Å². The standard InChI is InChI=1S/C14H27NO/c1-3-9-14(16)10-15(11-14)13-7-5-12(4-2)6-8-13/h12-13,16H,3-11H2,1-2H3. The van der Waals surface area contributed by atoms with Crippen LogP contribution in [0.25, 0.3) is 0 Å². The van der Waals surface area contributed by atoms with E-state index in [1.54, 1.807) is 0 Å². The van der Waals surface area contributed by atoms with E-state index in [0.717, 1.165) is 37.9 Å². The molecule has 0 atom stereocenters. The molecule has 1 aliphatic carbocycles. The number of β-amino-alcohol motifs (C(OH)–C–C–N with tert-alkyl or cyclic N) is 1. The van der Waals surface area contributed by atoms with Gasteiger partial charge in [-0.25, -0.2) is 0 Å². The molecule has 94 valence electrons. The summed E-state index contributed by atoms with van der Waals surface area (Å²) in [7, 11) is 0. The zero-order chi connectivity index (χ0) is 11.6. The Kier molecular flexibility index (Phi) is 3.91. The molecule has 0 radical (unpaired) electrons. The molecule has 0 unspecified atom stereocenters. The Hall–Kier alpha value is -0.0800. The van der Waals surface area contributed by atoms with Crippen molar-refractivity contribution in [1.82, 2.24) is 4.90 Å². The lowest BCUT2D eigenvalue weighted by molar-refractivity contribution is -0.125. The maximum Gasteiger partial charge on any atom is 0.0900 e. The molecule has 16 heavy (non-hydrogen) atoms. The Morgan fingerprint density at radius 3 is 2.25 bits per heavy atom. The third-order valence-electron chi connectivity index (χ3n) is 4.62. The summed E-state index contributed by atoms with van der Waals surface area (Å²) in [6.07, 6.45) is 8.97. The molecule has 2 fully saturated rings. The summed E-state index contributed by atoms with van der Waals surface area (Å²) in [5.41, 5.74) is -0.337. The van der Waals surface area contributed by atoms with Crippen molar-refractivity contribution in [3.8, 4) is 0 Å². The highest BCUT2D eigenvalue weighted by Crippen LogP contribution is 2.35. The molecule has 0 aromatic rings. The maximum absolute atomic E-state index is 10.2. The van der Waals surface area contributed by atoms with Gasteiger partial charge in [0.1, 0.15) is 0 Å². The van der Waals surface area contributed by atoms with E-state index >= 15 is 0 Å². The van der Waals surface area contributed by atoms with E-state index < -0.39 is 0 Å². The van der Waals surface area contributed by atoms with Crippen LogP contribution in [0.1, 0.15) is 58.8 Å². The van der Waals surface area contributed by atoms with Gasteiger partial charge in [0, 0.05) is 19.1 Å². The fourth-order valence-electron chi connectivity index (χ4n) is 3.51. The first-order valence-corrected chi connectivity index (χ1v) is 7.13. The van der Waals surface area contributed by atoms with E-state index in [4.69, 9.17) is 0 Å². The molecule has 1 heterocycles. The van der Waals surface area contributed by atoms with E-state index in [9.17, 15) is 5.11 Å². The highest BCUT2D eigenvalue weighted by Gasteiger charge is 2.43. The van der Waals surface area contributed by atoms with Gasteiger partial charge in [0.25, 0.3) is 0 Å². The second-order valence-corrected chi connectivity index (χ2v) is 5.96. The first kappa shape index (κ1) is 12.4. The first-order valence-electron chi connectivity index (χ1n) is 7.13. The molecule has 1 saturated heterocycles. The zero-order valence-corrected chi connectivity index (χ0v) is 10.9. The summed E-state index contributed by atoms with van der Waals surface area (Å²) in [6, 6.07) is 0.778. The summed E-state index contributed by atoms with van der Waals surface area (Å²) in [6.45, 7) is 6.34. The molecule has 0 bridgehead atoms. The lowest BCUT2D eigenvalue weighted by Crippen LogP contribution is -2.64. The lowest BCUT2D eigenvalue weighted by atomic mass is 9.80. The van der Waals surface area contributed by atoms with Gasteiger partial charge in [0.05, 0.1) is 5.60 Å². The highest BCUT2D eigenvalue weighted by molar-refractivity contribution is 4.98. The second-order valence-electron chi connectivity index (χ2n) is 5.96. The highest BCUT2D eigenvalue weighted by atomic mass is 16.3. The van der Waals surface area contributed by atoms with Gasteiger partial charge in [0.2, 0.25) is 0 Å². The van der Waals surface area contributed by atoms with Gasteiger partial charge in [-0.1, -0.05) is 26.7 Å². The Morgan fingerprint density at radius 1 is 1.12 bits per heavy atom. The Balaban J connectivity index is 1.72. The van der Waals surface area contributed by atoms with Crippen LogP contribution >= 0.6 is 0 Å². The average molecular weight is 225 g/mol. The number of rotatable bonds is 4. The minimum absolute atomic E-state index is 0.337. The van der Waals surface area contributed by atoms with Gasteiger partial charge in [-0.2, -0.15) is 0 Å². The molecule has 2 heteroatoms. The Morgan fingerprint density at radius 2 is 1.75 bits per heavy atom. The van der Waals surface area contributed by atoms with Crippen molar-refractivity contribution < 1.29 is 5.11 Å². The third-order valence-corrected chi connectivity index (χ3v) is 4.62. The van der Waals surface area contributed by atoms with Crippen molar-refractivity contribution in [3.05, 3.63) is 0 Å². The normalized spacial score (nSPS) is 34.7. The molecule has 2 nitrogen and oxygen atoms in total. The van der Waals surface area contributed by atoms with Gasteiger partial charge < -0.3 is 5.11 Å². The Labute approximate surface area is 100 Å². The van der Waals surface area contributed by atoms with Crippen LogP contribution in [0.3, 0.4) is 0 Å². The topological polar surface area (TPSA) is 23.5 Å². The van der Waals surface area contributed by atoms with Crippen LogP contribution in [-0.4, -0.2) is 34.7 Å². The van der Waals surface area contributed by atoms with Gasteiger partial charge >= 0.3 is 0 Å². The van der Waals surface area contributed by atoms with Gasteiger partial charge in [-0.05, 0) is 38.0 Å². The molecule has 1 N–H and O–H groups in total. The molecule has 2 rings (SSSR count). The fraction of sp³-hybridized carbons (Fsp3) is 1.00. The number of nitrogens with zero attached hydrogens (tertiary/aromatic N) is 1. The minimum atomic E-state index is -0.337. The number of likely N-dealkylation sites (tertiary alicyclic amines) is 1. The zero-order valence-electron chi connectivity index (χ0n) is 10.9. The maximum atomic E-state index is 10.2. The monoisotopic (exact) mass is 225 g/mol. The van der Waals surface area contributed by atoms with E-state index in [2.05, 4.69) is 18.7 Å². The Bertz CT molecular complexity index is 215. The predicted molar refractivity (Wildman–Crippen MR) is 67.5 cm³/mol. The lowest BCUT2D eigenvalue weighted by Gasteiger charge is -2.51. The molecule has 0 aromatic heterocycles. The van der Waals surface area contributed by atoms with E-state index in [0.29, 0.717) is 0 Å². The average Bonchev–Trinajstić information content (AvgIpc) is 2.26. The van der Waals surface area contributed by atoms with E-state index in [1.165, 1.54) is 32.1 Å². The molecular weight excluding hydrogens is 198 g/mol. The number of aliphatic hydroxyl groups is 1. The summed E-state index contributed by atoms with van der Waals surface area (Å²) >= 11 is 0. The smallest absolute Gasteiger partial charge is 0.0900 e. The van der Waals surface area contributed by atoms with Crippen molar-refractivity contribution in [1.29, 1.82) is 0 Å². The van der Waals surface area contributed by atoms with Crippen LogP contribution in [-0.2, 0) is 0 Å². The summed E-state index contributed by atoms with van der Waals surface area (Å²) in [5.74, 6) is 0.979. The van der Waals surface area contributed by atoms with Crippen molar-refractivity contribution in [2.45, 2.75) is 70.4 Å². The SMILES string of the molecule is CCCC1(O)CN(C2CCC(CC)CC2)C1. The van der Waals surface area contributed by atoms with E-state index in [1.807, 2.05) is 0 Å². The first-order chi connectivity index (χ1) is 7.67. The summed E-state index contributed by atoms with van der Waals surface area (Å²) < 4.78 is 0. The van der Waals surface area contributed by atoms with Crippen molar-refractivity contribution in [3.63, 3.8) is 0 Å². The fourth-order valence-corrected chi connectivity index (χ4v) is 3.51. The van der Waals surface area contributed by atoms with Crippen LogP contribution in [0.4, 0.5) is 0 Å². The molecule has 0 spiro atoms. The van der Waals surface area contributed by atoms with Crippen molar-refractivity contribution in [2.75, 3.05) is 13.1 Å². The minimum Gasteiger partial charge on any atom is -0.387 e. The second kappa shape index (κ2) is 5.05. The van der Waals surface area contributed by atoms with Crippen molar-refractivity contribution in [2.24, 2.45) is 5.92 Å². The van der Waals surface area contributed by atoms with Crippen LogP contribution in [0.15, 0.2) is 0 Å². The summed E-state index contributed by atoms with van der Waals surface area (Å²) in [4.78, 5) is 2.52. The van der Waals surface area contributed by atoms with Gasteiger partial charge in [-0.15, -0.1) is 0 Å². The van der Waals surface area contributed by atoms with Crippen LogP contribution < -0.4 is 0 Å². The summed E-state index contributed by atoms with van der Waals surface area (Å²) in [5, 5.41) is 10.2. The molecule has 1 saturated carbocycles. The third kappa shape index (κ3) is 2.60. The van der Waals surface area contributed by atoms with Crippen molar-refractivity contribution >= 4 is 0 Å². The van der Waals surface area contributed by atoms with Crippen LogP contribution in [0.2, 0.25) is 0 Å². The largest absolute Gasteiger partial charge is 0.387 e. The van der Waals surface area contributed by atoms with Gasteiger partial charge in [0.15, 0.2) is 0 Å². The molecular formula is C14H27NO. The number of hydrogen-bond acceptors (Lipinski definition) is 2. The van der Waals surface area contributed by atoms with Crippen LogP contribution in [0, 0.1) is 5.92 Å². The molecule has 2 aliphatic rings. The molecule has 1 aliphatic heterocycles.